The zero-order valence-electron chi connectivity index (χ0n) is 13.6. The van der Waals surface area contributed by atoms with Crippen LogP contribution in [0.3, 0.4) is 0 Å². The molecule has 2 N–H and O–H groups in total. The van der Waals surface area contributed by atoms with Crippen molar-refractivity contribution >= 4 is 11.8 Å². The summed E-state index contributed by atoms with van der Waals surface area (Å²) in [6.45, 7) is 4.65. The molecule has 5 heteroatoms. The van der Waals surface area contributed by atoms with Crippen LogP contribution in [0.1, 0.15) is 11.3 Å². The molecule has 1 aromatic heterocycles. The van der Waals surface area contributed by atoms with Gasteiger partial charge in [-0.1, -0.05) is 30.3 Å². The number of anilines is 2. The van der Waals surface area contributed by atoms with Gasteiger partial charge >= 0.3 is 0 Å². The van der Waals surface area contributed by atoms with Crippen LogP contribution in [0.25, 0.3) is 0 Å². The first-order chi connectivity index (χ1) is 10.6. The maximum Gasteiger partial charge on any atom is 0.224 e. The number of hydrogen-bond donors (Lipinski definition) is 2. The fourth-order valence-electron chi connectivity index (χ4n) is 2.11. The highest BCUT2D eigenvalue weighted by Gasteiger charge is 2.02. The van der Waals surface area contributed by atoms with E-state index in [1.807, 2.05) is 19.1 Å². The maximum atomic E-state index is 4.51. The van der Waals surface area contributed by atoms with E-state index in [0.29, 0.717) is 5.95 Å². The van der Waals surface area contributed by atoms with Gasteiger partial charge in [-0.25, -0.2) is 4.98 Å². The fraction of sp³-hybridized carbons (Fsp3) is 0.412. The number of aryl methyl sites for hydroxylation is 1. The van der Waals surface area contributed by atoms with Crippen LogP contribution in [-0.2, 0) is 6.42 Å². The molecule has 0 spiro atoms. The number of likely N-dealkylation sites (N-methyl/N-ethyl adjacent to an activating group) is 1. The van der Waals surface area contributed by atoms with Gasteiger partial charge in [0, 0.05) is 31.4 Å². The van der Waals surface area contributed by atoms with Gasteiger partial charge in [0.15, 0.2) is 0 Å². The average Bonchev–Trinajstić information content (AvgIpc) is 2.47. The summed E-state index contributed by atoms with van der Waals surface area (Å²) in [5.41, 5.74) is 2.27. The molecule has 0 bridgehead atoms. The number of benzene rings is 1. The zero-order chi connectivity index (χ0) is 15.8. The molecule has 0 radical (unpaired) electrons. The highest BCUT2D eigenvalue weighted by atomic mass is 15.2. The third-order valence-electron chi connectivity index (χ3n) is 3.26. The van der Waals surface area contributed by atoms with Gasteiger partial charge in [-0.3, -0.25) is 0 Å². The molecule has 0 fully saturated rings. The Morgan fingerprint density at radius 2 is 1.77 bits per heavy atom. The monoisotopic (exact) mass is 299 g/mol. The Morgan fingerprint density at radius 1 is 1.00 bits per heavy atom. The Bertz CT molecular complexity index is 569. The molecule has 0 aliphatic carbocycles. The smallest absolute Gasteiger partial charge is 0.224 e. The standard InChI is InChI=1S/C17H25N5/c1-14-13-16(18-11-12-22(2)3)21-17(20-14)19-10-9-15-7-5-4-6-8-15/h4-8,13H,9-12H2,1-3H3,(H2,18,19,20,21). The van der Waals surface area contributed by atoms with Crippen LogP contribution in [0.2, 0.25) is 0 Å². The summed E-state index contributed by atoms with van der Waals surface area (Å²) in [5.74, 6) is 1.56. The summed E-state index contributed by atoms with van der Waals surface area (Å²) in [6.07, 6.45) is 0.960. The van der Waals surface area contributed by atoms with Crippen molar-refractivity contribution in [1.29, 1.82) is 0 Å². The summed E-state index contributed by atoms with van der Waals surface area (Å²) < 4.78 is 0. The van der Waals surface area contributed by atoms with Crippen molar-refractivity contribution in [3.63, 3.8) is 0 Å². The molecule has 5 nitrogen and oxygen atoms in total. The molecular formula is C17H25N5. The minimum Gasteiger partial charge on any atom is -0.369 e. The van der Waals surface area contributed by atoms with Gasteiger partial charge < -0.3 is 15.5 Å². The maximum absolute atomic E-state index is 4.51. The summed E-state index contributed by atoms with van der Waals surface area (Å²) in [7, 11) is 4.12. The number of nitrogens with one attached hydrogen (secondary N) is 2. The van der Waals surface area contributed by atoms with Crippen LogP contribution in [0.4, 0.5) is 11.8 Å². The Kier molecular flexibility index (Phi) is 6.15. The molecule has 0 unspecified atom stereocenters. The summed E-state index contributed by atoms with van der Waals surface area (Å²) in [5, 5.41) is 6.63. The van der Waals surface area contributed by atoms with Crippen molar-refractivity contribution in [2.75, 3.05) is 44.4 Å². The van der Waals surface area contributed by atoms with E-state index in [9.17, 15) is 0 Å². The van der Waals surface area contributed by atoms with Crippen LogP contribution < -0.4 is 10.6 Å². The molecule has 0 saturated heterocycles. The van der Waals surface area contributed by atoms with E-state index in [1.165, 1.54) is 5.56 Å². The molecular weight excluding hydrogens is 274 g/mol. The van der Waals surface area contributed by atoms with Gasteiger partial charge in [0.05, 0.1) is 0 Å². The van der Waals surface area contributed by atoms with E-state index < -0.39 is 0 Å². The van der Waals surface area contributed by atoms with Crippen molar-refractivity contribution < 1.29 is 0 Å². The van der Waals surface area contributed by atoms with E-state index in [1.54, 1.807) is 0 Å². The molecule has 1 aromatic carbocycles. The lowest BCUT2D eigenvalue weighted by Gasteiger charge is -2.12. The third-order valence-corrected chi connectivity index (χ3v) is 3.26. The molecule has 118 valence electrons. The van der Waals surface area contributed by atoms with Gasteiger partial charge in [-0.05, 0) is 33.0 Å². The number of nitrogens with zero attached hydrogens (tertiary/aromatic N) is 3. The minimum atomic E-state index is 0.684. The Labute approximate surface area is 132 Å². The first-order valence-corrected chi connectivity index (χ1v) is 7.65. The number of rotatable bonds is 8. The average molecular weight is 299 g/mol. The lowest BCUT2D eigenvalue weighted by Crippen LogP contribution is -2.21. The molecule has 0 amide bonds. The lowest BCUT2D eigenvalue weighted by molar-refractivity contribution is 0.425. The van der Waals surface area contributed by atoms with Gasteiger partial charge in [-0.15, -0.1) is 0 Å². The van der Waals surface area contributed by atoms with Gasteiger partial charge in [-0.2, -0.15) is 4.98 Å². The predicted molar refractivity (Wildman–Crippen MR) is 92.4 cm³/mol. The van der Waals surface area contributed by atoms with Crippen LogP contribution in [-0.4, -0.2) is 48.6 Å². The van der Waals surface area contributed by atoms with E-state index >= 15 is 0 Å². The second-order valence-corrected chi connectivity index (χ2v) is 5.61. The van der Waals surface area contributed by atoms with Crippen molar-refractivity contribution in [2.24, 2.45) is 0 Å². The molecule has 2 aromatic rings. The number of aromatic nitrogens is 2. The van der Waals surface area contributed by atoms with Crippen molar-refractivity contribution in [3.05, 3.63) is 47.7 Å². The summed E-state index contributed by atoms with van der Waals surface area (Å²) in [6, 6.07) is 12.4. The Morgan fingerprint density at radius 3 is 2.50 bits per heavy atom. The van der Waals surface area contributed by atoms with Crippen molar-refractivity contribution in [2.45, 2.75) is 13.3 Å². The van der Waals surface area contributed by atoms with E-state index in [0.717, 1.165) is 37.6 Å². The second-order valence-electron chi connectivity index (χ2n) is 5.61. The number of hydrogen-bond acceptors (Lipinski definition) is 5. The highest BCUT2D eigenvalue weighted by molar-refractivity contribution is 5.42. The molecule has 1 heterocycles. The minimum absolute atomic E-state index is 0.684. The Balaban J connectivity index is 1.86. The van der Waals surface area contributed by atoms with Gasteiger partial charge in [0.2, 0.25) is 5.95 Å². The van der Waals surface area contributed by atoms with Crippen molar-refractivity contribution in [3.8, 4) is 0 Å². The predicted octanol–water partition coefficient (Wildman–Crippen LogP) is 2.41. The van der Waals surface area contributed by atoms with E-state index in [4.69, 9.17) is 0 Å². The second kappa shape index (κ2) is 8.34. The van der Waals surface area contributed by atoms with Crippen LogP contribution in [0.5, 0.6) is 0 Å². The molecule has 0 atom stereocenters. The molecule has 2 rings (SSSR count). The SMILES string of the molecule is Cc1cc(NCCN(C)C)nc(NCCc2ccccc2)n1. The Hall–Kier alpha value is -2.14. The summed E-state index contributed by atoms with van der Waals surface area (Å²) in [4.78, 5) is 11.1. The molecule has 0 saturated carbocycles. The third kappa shape index (κ3) is 5.69. The van der Waals surface area contributed by atoms with Crippen LogP contribution in [0, 0.1) is 6.92 Å². The van der Waals surface area contributed by atoms with Crippen LogP contribution >= 0.6 is 0 Å². The normalized spacial score (nSPS) is 10.7. The fourth-order valence-corrected chi connectivity index (χ4v) is 2.11. The summed E-state index contributed by atoms with van der Waals surface area (Å²) >= 11 is 0. The molecule has 0 aliphatic rings. The zero-order valence-corrected chi connectivity index (χ0v) is 13.6. The topological polar surface area (TPSA) is 53.1 Å². The largest absolute Gasteiger partial charge is 0.369 e. The van der Waals surface area contributed by atoms with Gasteiger partial charge in [0.25, 0.3) is 0 Å². The molecule has 22 heavy (non-hydrogen) atoms. The van der Waals surface area contributed by atoms with Gasteiger partial charge in [0.1, 0.15) is 5.82 Å². The first kappa shape index (κ1) is 16.2. The first-order valence-electron chi connectivity index (χ1n) is 7.65. The molecule has 0 aliphatic heterocycles. The van der Waals surface area contributed by atoms with E-state index in [2.05, 4.69) is 63.9 Å². The van der Waals surface area contributed by atoms with Crippen LogP contribution in [0.15, 0.2) is 36.4 Å². The quantitative estimate of drug-likeness (QED) is 0.784. The van der Waals surface area contributed by atoms with E-state index in [-0.39, 0.29) is 0 Å². The lowest BCUT2D eigenvalue weighted by atomic mass is 10.1. The van der Waals surface area contributed by atoms with Crippen molar-refractivity contribution in [1.82, 2.24) is 14.9 Å². The highest BCUT2D eigenvalue weighted by Crippen LogP contribution is 2.09.